The van der Waals surface area contributed by atoms with E-state index in [2.05, 4.69) is 28.2 Å². The third-order valence-corrected chi connectivity index (χ3v) is 2.60. The van der Waals surface area contributed by atoms with Gasteiger partial charge in [0.2, 0.25) is 5.91 Å². The lowest BCUT2D eigenvalue weighted by Crippen LogP contribution is -2.29. The van der Waals surface area contributed by atoms with Crippen LogP contribution in [0.1, 0.15) is 40.0 Å². The summed E-state index contributed by atoms with van der Waals surface area (Å²) >= 11 is 3.47. The SMILES string of the molecule is CCC(C)C(=O)NCCCC(C)Br. The molecule has 0 aromatic heterocycles. The number of halogens is 1. The van der Waals surface area contributed by atoms with Crippen molar-refractivity contribution in [1.82, 2.24) is 5.32 Å². The minimum atomic E-state index is 0.154. The number of rotatable bonds is 6. The normalized spacial score (nSPS) is 15.1. The van der Waals surface area contributed by atoms with Gasteiger partial charge in [-0.15, -0.1) is 0 Å². The zero-order valence-corrected chi connectivity index (χ0v) is 10.4. The largest absolute Gasteiger partial charge is 0.356 e. The standard InChI is InChI=1S/C10H20BrNO/c1-4-8(2)10(13)12-7-5-6-9(3)11/h8-9H,4-7H2,1-3H3,(H,12,13). The third kappa shape index (κ3) is 7.05. The summed E-state index contributed by atoms with van der Waals surface area (Å²) in [5.41, 5.74) is 0. The predicted octanol–water partition coefficient (Wildman–Crippen LogP) is 2.71. The molecule has 0 aromatic carbocycles. The number of hydrogen-bond donors (Lipinski definition) is 1. The van der Waals surface area contributed by atoms with Crippen LogP contribution in [0.2, 0.25) is 0 Å². The van der Waals surface area contributed by atoms with E-state index < -0.39 is 0 Å². The van der Waals surface area contributed by atoms with E-state index in [0.717, 1.165) is 25.8 Å². The molecule has 2 nitrogen and oxygen atoms in total. The fourth-order valence-corrected chi connectivity index (χ4v) is 1.28. The molecule has 1 amide bonds. The van der Waals surface area contributed by atoms with Crippen molar-refractivity contribution in [3.8, 4) is 0 Å². The summed E-state index contributed by atoms with van der Waals surface area (Å²) in [6.07, 6.45) is 3.08. The quantitative estimate of drug-likeness (QED) is 0.570. The Kier molecular flexibility index (Phi) is 7.33. The van der Waals surface area contributed by atoms with Gasteiger partial charge in [-0.1, -0.05) is 36.7 Å². The van der Waals surface area contributed by atoms with E-state index >= 15 is 0 Å². The van der Waals surface area contributed by atoms with Gasteiger partial charge in [-0.25, -0.2) is 0 Å². The number of carbonyl (C=O) groups excluding carboxylic acids is 1. The molecule has 0 aromatic rings. The first kappa shape index (κ1) is 12.9. The topological polar surface area (TPSA) is 29.1 Å². The smallest absolute Gasteiger partial charge is 0.222 e. The molecule has 0 aliphatic heterocycles. The van der Waals surface area contributed by atoms with Crippen molar-refractivity contribution in [2.75, 3.05) is 6.54 Å². The van der Waals surface area contributed by atoms with Crippen LogP contribution in [0.3, 0.4) is 0 Å². The molecule has 2 unspecified atom stereocenters. The lowest BCUT2D eigenvalue weighted by Gasteiger charge is -2.09. The highest BCUT2D eigenvalue weighted by atomic mass is 79.9. The van der Waals surface area contributed by atoms with Crippen molar-refractivity contribution in [3.05, 3.63) is 0 Å². The summed E-state index contributed by atoms with van der Waals surface area (Å²) in [7, 11) is 0. The number of carbonyl (C=O) groups is 1. The van der Waals surface area contributed by atoms with E-state index in [0.29, 0.717) is 4.83 Å². The first-order valence-electron chi connectivity index (χ1n) is 4.99. The average Bonchev–Trinajstić information content (AvgIpc) is 2.10. The molecular weight excluding hydrogens is 230 g/mol. The second-order valence-electron chi connectivity index (χ2n) is 3.52. The van der Waals surface area contributed by atoms with Gasteiger partial charge in [0.1, 0.15) is 0 Å². The summed E-state index contributed by atoms with van der Waals surface area (Å²) < 4.78 is 0. The van der Waals surface area contributed by atoms with Crippen LogP contribution in [0.25, 0.3) is 0 Å². The van der Waals surface area contributed by atoms with Gasteiger partial charge in [-0.05, 0) is 19.3 Å². The van der Waals surface area contributed by atoms with Gasteiger partial charge in [-0.2, -0.15) is 0 Å². The molecular formula is C10H20BrNO. The highest BCUT2D eigenvalue weighted by Crippen LogP contribution is 2.05. The van der Waals surface area contributed by atoms with E-state index in [4.69, 9.17) is 0 Å². The van der Waals surface area contributed by atoms with Crippen LogP contribution in [0.5, 0.6) is 0 Å². The van der Waals surface area contributed by atoms with Gasteiger partial charge in [0.05, 0.1) is 0 Å². The lowest BCUT2D eigenvalue weighted by molar-refractivity contribution is -0.124. The number of amides is 1. The average molecular weight is 250 g/mol. The molecule has 0 fully saturated rings. The summed E-state index contributed by atoms with van der Waals surface area (Å²) in [5.74, 6) is 0.339. The number of hydrogen-bond acceptors (Lipinski definition) is 1. The molecule has 78 valence electrons. The zero-order chi connectivity index (χ0) is 10.3. The van der Waals surface area contributed by atoms with Crippen LogP contribution in [-0.4, -0.2) is 17.3 Å². The summed E-state index contributed by atoms with van der Waals surface area (Å²) in [6.45, 7) is 6.92. The van der Waals surface area contributed by atoms with Gasteiger partial charge in [0.15, 0.2) is 0 Å². The Hall–Kier alpha value is -0.0500. The second kappa shape index (κ2) is 7.36. The van der Waals surface area contributed by atoms with Crippen molar-refractivity contribution >= 4 is 21.8 Å². The second-order valence-corrected chi connectivity index (χ2v) is 5.09. The predicted molar refractivity (Wildman–Crippen MR) is 60.1 cm³/mol. The van der Waals surface area contributed by atoms with Crippen molar-refractivity contribution in [2.24, 2.45) is 5.92 Å². The molecule has 0 saturated carbocycles. The van der Waals surface area contributed by atoms with Crippen LogP contribution in [0, 0.1) is 5.92 Å². The lowest BCUT2D eigenvalue weighted by atomic mass is 10.1. The van der Waals surface area contributed by atoms with Crippen LogP contribution in [0.4, 0.5) is 0 Å². The van der Waals surface area contributed by atoms with Crippen molar-refractivity contribution in [3.63, 3.8) is 0 Å². The molecule has 0 aliphatic carbocycles. The first-order valence-corrected chi connectivity index (χ1v) is 5.91. The van der Waals surface area contributed by atoms with E-state index in [1.54, 1.807) is 0 Å². The van der Waals surface area contributed by atoms with E-state index in [1.807, 2.05) is 13.8 Å². The maximum Gasteiger partial charge on any atom is 0.222 e. The molecule has 3 heteroatoms. The zero-order valence-electron chi connectivity index (χ0n) is 8.77. The summed E-state index contributed by atoms with van der Waals surface area (Å²) in [4.78, 5) is 11.8. The molecule has 0 radical (unpaired) electrons. The van der Waals surface area contributed by atoms with Gasteiger partial charge in [0.25, 0.3) is 0 Å². The molecule has 0 rings (SSSR count). The minimum Gasteiger partial charge on any atom is -0.356 e. The molecule has 13 heavy (non-hydrogen) atoms. The minimum absolute atomic E-state index is 0.154. The summed E-state index contributed by atoms with van der Waals surface area (Å²) in [6, 6.07) is 0. The molecule has 2 atom stereocenters. The van der Waals surface area contributed by atoms with E-state index in [1.165, 1.54) is 0 Å². The van der Waals surface area contributed by atoms with Crippen molar-refractivity contribution in [1.29, 1.82) is 0 Å². The molecule has 0 heterocycles. The molecule has 0 aliphatic rings. The maximum atomic E-state index is 11.3. The number of alkyl halides is 1. The Morgan fingerprint density at radius 3 is 2.54 bits per heavy atom. The van der Waals surface area contributed by atoms with Crippen LogP contribution in [-0.2, 0) is 4.79 Å². The maximum absolute atomic E-state index is 11.3. The Balaban J connectivity index is 3.37. The molecule has 0 spiro atoms. The Morgan fingerprint density at radius 2 is 2.08 bits per heavy atom. The van der Waals surface area contributed by atoms with Crippen molar-refractivity contribution in [2.45, 2.75) is 44.9 Å². The van der Waals surface area contributed by atoms with Crippen LogP contribution >= 0.6 is 15.9 Å². The molecule has 0 bridgehead atoms. The van der Waals surface area contributed by atoms with Crippen LogP contribution in [0.15, 0.2) is 0 Å². The Bertz CT molecular complexity index is 148. The van der Waals surface area contributed by atoms with Gasteiger partial charge in [0, 0.05) is 17.3 Å². The van der Waals surface area contributed by atoms with E-state index in [-0.39, 0.29) is 11.8 Å². The molecule has 0 saturated heterocycles. The number of nitrogens with one attached hydrogen (secondary N) is 1. The Morgan fingerprint density at radius 1 is 1.46 bits per heavy atom. The fourth-order valence-electron chi connectivity index (χ4n) is 0.955. The monoisotopic (exact) mass is 249 g/mol. The first-order chi connectivity index (χ1) is 6.07. The fraction of sp³-hybridized carbons (Fsp3) is 0.900. The Labute approximate surface area is 89.6 Å². The van der Waals surface area contributed by atoms with Crippen LogP contribution < -0.4 is 5.32 Å². The highest BCUT2D eigenvalue weighted by Gasteiger charge is 2.08. The van der Waals surface area contributed by atoms with Crippen molar-refractivity contribution < 1.29 is 4.79 Å². The highest BCUT2D eigenvalue weighted by molar-refractivity contribution is 9.09. The summed E-state index contributed by atoms with van der Waals surface area (Å²) in [5, 5.41) is 2.93. The van der Waals surface area contributed by atoms with Gasteiger partial charge >= 0.3 is 0 Å². The molecule has 1 N–H and O–H groups in total. The van der Waals surface area contributed by atoms with Gasteiger partial charge < -0.3 is 5.32 Å². The third-order valence-electron chi connectivity index (χ3n) is 2.14. The van der Waals surface area contributed by atoms with Gasteiger partial charge in [-0.3, -0.25) is 4.79 Å². The van der Waals surface area contributed by atoms with E-state index in [9.17, 15) is 4.79 Å².